The van der Waals surface area contributed by atoms with Crippen LogP contribution in [0.4, 0.5) is 4.79 Å². The van der Waals surface area contributed by atoms with E-state index in [1.165, 1.54) is 64.5 Å². The zero-order valence-electron chi connectivity index (χ0n) is 14.2. The summed E-state index contributed by atoms with van der Waals surface area (Å²) in [4.78, 5) is 15.0. The summed E-state index contributed by atoms with van der Waals surface area (Å²) >= 11 is 0. The van der Waals surface area contributed by atoms with Crippen molar-refractivity contribution in [3.05, 3.63) is 0 Å². The van der Waals surface area contributed by atoms with Crippen molar-refractivity contribution in [2.75, 3.05) is 19.6 Å². The van der Waals surface area contributed by atoms with Crippen molar-refractivity contribution >= 4 is 6.03 Å². The fraction of sp³-hybridized carbons (Fsp3) is 0.947. The van der Waals surface area contributed by atoms with E-state index in [1.54, 1.807) is 0 Å². The molecule has 4 heteroatoms. The molecule has 0 aromatic heterocycles. The second kappa shape index (κ2) is 5.65. The molecule has 6 fully saturated rings. The van der Waals surface area contributed by atoms with E-state index in [1.807, 2.05) is 0 Å². The largest absolute Gasteiger partial charge is 0.338 e. The first kappa shape index (κ1) is 14.6. The number of nitrogens with zero attached hydrogens (tertiary/aromatic N) is 1. The van der Waals surface area contributed by atoms with Gasteiger partial charge >= 0.3 is 6.03 Å². The van der Waals surface area contributed by atoms with Crippen LogP contribution in [0.25, 0.3) is 0 Å². The van der Waals surface area contributed by atoms with Crippen LogP contribution in [0, 0.1) is 29.6 Å². The Labute approximate surface area is 139 Å². The zero-order chi connectivity index (χ0) is 15.4. The molecule has 4 nitrogen and oxygen atoms in total. The number of amides is 2. The number of likely N-dealkylation sites (tertiary alicyclic amines) is 1. The van der Waals surface area contributed by atoms with Gasteiger partial charge in [-0.25, -0.2) is 4.79 Å². The van der Waals surface area contributed by atoms with E-state index in [2.05, 4.69) is 15.5 Å². The van der Waals surface area contributed by atoms with Crippen molar-refractivity contribution < 1.29 is 4.79 Å². The van der Waals surface area contributed by atoms with Gasteiger partial charge in [-0.05, 0) is 87.5 Å². The Kier molecular flexibility index (Phi) is 3.57. The molecule has 1 atom stereocenters. The number of hydrogen-bond donors (Lipinski definition) is 2. The minimum atomic E-state index is 0.104. The van der Waals surface area contributed by atoms with Gasteiger partial charge in [0.05, 0.1) is 0 Å². The second-order valence-electron chi connectivity index (χ2n) is 9.19. The molecule has 23 heavy (non-hydrogen) atoms. The Hall–Kier alpha value is -0.770. The minimum Gasteiger partial charge on any atom is -0.338 e. The summed E-state index contributed by atoms with van der Waals surface area (Å²) < 4.78 is 0. The number of carbonyl (C=O) groups excluding carboxylic acids is 1. The quantitative estimate of drug-likeness (QED) is 0.837. The first-order valence-electron chi connectivity index (χ1n) is 10.0. The summed E-state index contributed by atoms with van der Waals surface area (Å²) in [7, 11) is 0. The zero-order valence-corrected chi connectivity index (χ0v) is 14.2. The molecular formula is C19H31N3O. The van der Waals surface area contributed by atoms with E-state index in [9.17, 15) is 4.79 Å². The molecule has 4 bridgehead atoms. The van der Waals surface area contributed by atoms with Crippen LogP contribution in [0.3, 0.4) is 0 Å². The Bertz CT molecular complexity index is 447. The second-order valence-corrected chi connectivity index (χ2v) is 9.19. The number of carbonyl (C=O) groups is 1. The highest BCUT2D eigenvalue weighted by atomic mass is 16.2. The van der Waals surface area contributed by atoms with E-state index < -0.39 is 0 Å². The molecule has 1 saturated heterocycles. The molecule has 0 spiro atoms. The van der Waals surface area contributed by atoms with Gasteiger partial charge in [-0.3, -0.25) is 0 Å². The lowest BCUT2D eigenvalue weighted by molar-refractivity contribution is -0.00943. The molecule has 0 unspecified atom stereocenters. The molecule has 5 saturated carbocycles. The summed E-state index contributed by atoms with van der Waals surface area (Å²) in [6.07, 6.45) is 11.0. The summed E-state index contributed by atoms with van der Waals surface area (Å²) in [6, 6.07) is 1.45. The van der Waals surface area contributed by atoms with Crippen molar-refractivity contribution in [2.24, 2.45) is 29.6 Å². The van der Waals surface area contributed by atoms with Crippen molar-refractivity contribution in [1.29, 1.82) is 0 Å². The maximum Gasteiger partial charge on any atom is 0.315 e. The molecule has 0 radical (unpaired) electrons. The smallest absolute Gasteiger partial charge is 0.315 e. The third kappa shape index (κ3) is 2.88. The topological polar surface area (TPSA) is 44.4 Å². The molecule has 1 heterocycles. The van der Waals surface area contributed by atoms with E-state index in [4.69, 9.17) is 0 Å². The van der Waals surface area contributed by atoms with Crippen LogP contribution in [0.5, 0.6) is 0 Å². The summed E-state index contributed by atoms with van der Waals surface area (Å²) in [6.45, 7) is 3.31. The van der Waals surface area contributed by atoms with Crippen LogP contribution < -0.4 is 10.6 Å². The number of nitrogens with one attached hydrogen (secondary N) is 2. The maximum atomic E-state index is 12.4. The third-order valence-electron chi connectivity index (χ3n) is 7.46. The fourth-order valence-electron chi connectivity index (χ4n) is 6.40. The molecule has 2 amide bonds. The van der Waals surface area contributed by atoms with Crippen LogP contribution >= 0.6 is 0 Å². The molecule has 128 valence electrons. The maximum absolute atomic E-state index is 12.4. The molecule has 6 rings (SSSR count). The van der Waals surface area contributed by atoms with Crippen LogP contribution in [-0.4, -0.2) is 42.6 Å². The van der Waals surface area contributed by atoms with Crippen LogP contribution in [0.1, 0.15) is 51.4 Å². The monoisotopic (exact) mass is 317 g/mol. The normalized spacial score (nSPS) is 45.4. The molecule has 0 aromatic rings. The number of urea groups is 1. The van der Waals surface area contributed by atoms with Gasteiger partial charge in [0.25, 0.3) is 0 Å². The molecule has 6 aliphatic rings. The average Bonchev–Trinajstić information content (AvgIpc) is 3.27. The lowest BCUT2D eigenvalue weighted by Gasteiger charge is -2.54. The molecule has 0 aromatic carbocycles. The molecular weight excluding hydrogens is 286 g/mol. The van der Waals surface area contributed by atoms with Crippen LogP contribution in [-0.2, 0) is 0 Å². The Morgan fingerprint density at radius 2 is 1.65 bits per heavy atom. The standard InChI is InChI=1S/C19H31N3O/c23-19(20-10-12-3-4-22(11-12)17-1-2-17)21-18-15-6-13-5-14(8-15)9-16(18)7-13/h12-18H,1-11H2,(H2,20,21,23)/t12-,13?,14?,15?,16?,18?/m0/s1. The van der Waals surface area contributed by atoms with Gasteiger partial charge in [0.1, 0.15) is 0 Å². The molecule has 2 N–H and O–H groups in total. The number of rotatable bonds is 4. The summed E-state index contributed by atoms with van der Waals surface area (Å²) in [5, 5.41) is 6.56. The predicted molar refractivity (Wildman–Crippen MR) is 90.1 cm³/mol. The lowest BCUT2D eigenvalue weighted by atomic mass is 9.54. The first-order chi connectivity index (χ1) is 11.2. The third-order valence-corrected chi connectivity index (χ3v) is 7.46. The summed E-state index contributed by atoms with van der Waals surface area (Å²) in [5.74, 6) is 4.17. The van der Waals surface area contributed by atoms with Crippen molar-refractivity contribution in [1.82, 2.24) is 15.5 Å². The van der Waals surface area contributed by atoms with E-state index in [0.29, 0.717) is 12.0 Å². The SMILES string of the molecule is O=C(NC[C@@H]1CCN(C2CC2)C1)NC1C2CC3CC(C2)CC1C3. The predicted octanol–water partition coefficient (Wildman–Crippen LogP) is 2.59. The highest BCUT2D eigenvalue weighted by molar-refractivity contribution is 5.74. The Balaban J connectivity index is 1.10. The van der Waals surface area contributed by atoms with Gasteiger partial charge in [-0.15, -0.1) is 0 Å². The Morgan fingerprint density at radius 3 is 2.30 bits per heavy atom. The van der Waals surface area contributed by atoms with E-state index >= 15 is 0 Å². The van der Waals surface area contributed by atoms with E-state index in [0.717, 1.165) is 36.3 Å². The van der Waals surface area contributed by atoms with Gasteiger partial charge in [-0.2, -0.15) is 0 Å². The minimum absolute atomic E-state index is 0.104. The van der Waals surface area contributed by atoms with Gasteiger partial charge in [0.15, 0.2) is 0 Å². The molecule has 5 aliphatic carbocycles. The highest BCUT2D eigenvalue weighted by Gasteiger charge is 2.48. The highest BCUT2D eigenvalue weighted by Crippen LogP contribution is 2.53. The van der Waals surface area contributed by atoms with Gasteiger partial charge < -0.3 is 15.5 Å². The van der Waals surface area contributed by atoms with Gasteiger partial charge in [0.2, 0.25) is 0 Å². The Morgan fingerprint density at radius 1 is 0.957 bits per heavy atom. The molecule has 1 aliphatic heterocycles. The first-order valence-corrected chi connectivity index (χ1v) is 10.0. The summed E-state index contributed by atoms with van der Waals surface area (Å²) in [5.41, 5.74) is 0. The number of hydrogen-bond acceptors (Lipinski definition) is 2. The van der Waals surface area contributed by atoms with Crippen molar-refractivity contribution in [3.63, 3.8) is 0 Å². The fourth-order valence-corrected chi connectivity index (χ4v) is 6.40. The van der Waals surface area contributed by atoms with Crippen molar-refractivity contribution in [3.8, 4) is 0 Å². The lowest BCUT2D eigenvalue weighted by Crippen LogP contribution is -2.57. The average molecular weight is 317 g/mol. The van der Waals surface area contributed by atoms with Crippen LogP contribution in [0.2, 0.25) is 0 Å². The van der Waals surface area contributed by atoms with Gasteiger partial charge in [0, 0.05) is 25.2 Å². The van der Waals surface area contributed by atoms with Crippen molar-refractivity contribution in [2.45, 2.75) is 63.5 Å². The van der Waals surface area contributed by atoms with E-state index in [-0.39, 0.29) is 6.03 Å². The van der Waals surface area contributed by atoms with Gasteiger partial charge in [-0.1, -0.05) is 0 Å². The van der Waals surface area contributed by atoms with Crippen LogP contribution in [0.15, 0.2) is 0 Å².